The Labute approximate surface area is 210 Å². The van der Waals surface area contributed by atoms with Crippen molar-refractivity contribution in [1.29, 1.82) is 0 Å². The summed E-state index contributed by atoms with van der Waals surface area (Å²) < 4.78 is 8.20. The summed E-state index contributed by atoms with van der Waals surface area (Å²) in [6.45, 7) is 6.48. The molecule has 0 spiro atoms. The van der Waals surface area contributed by atoms with Gasteiger partial charge in [0.15, 0.2) is 5.82 Å². The van der Waals surface area contributed by atoms with E-state index in [0.717, 1.165) is 52.1 Å². The summed E-state index contributed by atoms with van der Waals surface area (Å²) in [5.41, 5.74) is 7.75. The number of carbonyl (C=O) groups is 1. The molecule has 1 amide bonds. The van der Waals surface area contributed by atoms with Crippen LogP contribution in [0.4, 0.5) is 0 Å². The molecule has 1 fully saturated rings. The highest BCUT2D eigenvalue weighted by Crippen LogP contribution is 2.24. The first-order valence-corrected chi connectivity index (χ1v) is 12.5. The third-order valence-corrected chi connectivity index (χ3v) is 6.61. The van der Waals surface area contributed by atoms with Crippen LogP contribution in [0.15, 0.2) is 53.3 Å². The minimum absolute atomic E-state index is 0.328. The number of ether oxygens (including phenoxy) is 1. The zero-order valence-corrected chi connectivity index (χ0v) is 20.8. The van der Waals surface area contributed by atoms with Crippen molar-refractivity contribution >= 4 is 17.5 Å². The van der Waals surface area contributed by atoms with Crippen molar-refractivity contribution in [3.8, 4) is 11.4 Å². The van der Waals surface area contributed by atoms with E-state index in [-0.39, 0.29) is 5.69 Å². The molecule has 1 atom stereocenters. The van der Waals surface area contributed by atoms with E-state index in [4.69, 9.17) is 22.1 Å². The number of nitrogens with zero attached hydrogens (tertiary/aromatic N) is 4. The molecule has 1 aliphatic heterocycles. The average molecular weight is 498 g/mol. The average Bonchev–Trinajstić information content (AvgIpc) is 3.20. The van der Waals surface area contributed by atoms with Crippen LogP contribution in [0, 0.1) is 0 Å². The lowest BCUT2D eigenvalue weighted by Crippen LogP contribution is -2.37. The van der Waals surface area contributed by atoms with Crippen molar-refractivity contribution in [2.45, 2.75) is 38.5 Å². The molecule has 1 aromatic heterocycles. The van der Waals surface area contributed by atoms with E-state index in [1.54, 1.807) is 24.3 Å². The topological polar surface area (TPSA) is 95.4 Å². The Morgan fingerprint density at radius 2 is 1.89 bits per heavy atom. The number of carbonyl (C=O) groups excluding carboxylic acids is 1. The lowest BCUT2D eigenvalue weighted by atomic mass is 10.0. The van der Waals surface area contributed by atoms with E-state index >= 15 is 0 Å². The van der Waals surface area contributed by atoms with Crippen LogP contribution in [0.25, 0.3) is 11.4 Å². The summed E-state index contributed by atoms with van der Waals surface area (Å²) in [4.78, 5) is 28.3. The first-order valence-electron chi connectivity index (χ1n) is 12.1. The Balaban J connectivity index is 1.67. The Hall–Kier alpha value is -2.94. The van der Waals surface area contributed by atoms with Crippen molar-refractivity contribution in [3.05, 3.63) is 75.4 Å². The van der Waals surface area contributed by atoms with Gasteiger partial charge >= 0.3 is 5.69 Å². The summed E-state index contributed by atoms with van der Waals surface area (Å²) in [6, 6.07) is 14.8. The SMILES string of the molecule is CCCCC(C(N)=O)c1nn(-c2ccc(CCN3CCOCC3)cc2)c(=O)n1-c1cccc(Cl)c1. The van der Waals surface area contributed by atoms with E-state index in [0.29, 0.717) is 28.6 Å². The van der Waals surface area contributed by atoms with Crippen LogP contribution < -0.4 is 11.4 Å². The van der Waals surface area contributed by atoms with E-state index in [2.05, 4.69) is 10.00 Å². The van der Waals surface area contributed by atoms with E-state index in [1.165, 1.54) is 14.8 Å². The molecule has 8 nitrogen and oxygen atoms in total. The standard InChI is InChI=1S/C26H32ClN5O3/c1-2-3-7-23(24(28)33)25-29-32(26(34)31(25)22-6-4-5-20(27)18-22)21-10-8-19(9-11-21)12-13-30-14-16-35-17-15-30/h4-6,8-11,18,23H,2-3,7,12-17H2,1H3,(H2,28,33). The first-order chi connectivity index (χ1) is 17.0. The fourth-order valence-corrected chi connectivity index (χ4v) is 4.54. The van der Waals surface area contributed by atoms with Crippen molar-refractivity contribution < 1.29 is 9.53 Å². The van der Waals surface area contributed by atoms with Gasteiger partial charge in [-0.1, -0.05) is 49.6 Å². The molecule has 35 heavy (non-hydrogen) atoms. The minimum Gasteiger partial charge on any atom is -0.379 e. The molecular formula is C26H32ClN5O3. The number of halogens is 1. The molecule has 0 bridgehead atoms. The van der Waals surface area contributed by atoms with Crippen LogP contribution in [-0.2, 0) is 16.0 Å². The van der Waals surface area contributed by atoms with Crippen molar-refractivity contribution in [1.82, 2.24) is 19.2 Å². The minimum atomic E-state index is -0.685. The summed E-state index contributed by atoms with van der Waals surface area (Å²) in [5.74, 6) is -0.859. The maximum absolute atomic E-state index is 13.6. The number of aromatic nitrogens is 3. The largest absolute Gasteiger partial charge is 0.379 e. The smallest absolute Gasteiger partial charge is 0.355 e. The number of unbranched alkanes of at least 4 members (excludes halogenated alkanes) is 1. The molecule has 1 saturated heterocycles. The van der Waals surface area contributed by atoms with Gasteiger partial charge < -0.3 is 10.5 Å². The number of benzene rings is 2. The van der Waals surface area contributed by atoms with Crippen LogP contribution >= 0.6 is 11.6 Å². The number of nitrogens with two attached hydrogens (primary N) is 1. The summed E-state index contributed by atoms with van der Waals surface area (Å²) in [5, 5.41) is 5.10. The number of primary amides is 1. The molecule has 4 rings (SSSR count). The maximum Gasteiger partial charge on any atom is 0.355 e. The van der Waals surface area contributed by atoms with Gasteiger partial charge in [0.2, 0.25) is 5.91 Å². The van der Waals surface area contributed by atoms with Crippen molar-refractivity contribution in [2.24, 2.45) is 5.73 Å². The molecule has 2 aromatic carbocycles. The van der Waals surface area contributed by atoms with Crippen LogP contribution in [-0.4, -0.2) is 58.0 Å². The van der Waals surface area contributed by atoms with Crippen LogP contribution in [0.1, 0.15) is 43.5 Å². The second-order valence-corrected chi connectivity index (χ2v) is 9.27. The third-order valence-electron chi connectivity index (χ3n) is 6.37. The van der Waals surface area contributed by atoms with E-state index in [9.17, 15) is 9.59 Å². The quantitative estimate of drug-likeness (QED) is 0.463. The highest BCUT2D eigenvalue weighted by Gasteiger charge is 2.27. The highest BCUT2D eigenvalue weighted by atomic mass is 35.5. The molecule has 0 saturated carbocycles. The predicted molar refractivity (Wildman–Crippen MR) is 137 cm³/mol. The lowest BCUT2D eigenvalue weighted by molar-refractivity contribution is -0.119. The molecule has 3 aromatic rings. The molecule has 2 heterocycles. The molecule has 1 unspecified atom stereocenters. The summed E-state index contributed by atoms with van der Waals surface area (Å²) in [7, 11) is 0. The van der Waals surface area contributed by atoms with Crippen LogP contribution in [0.5, 0.6) is 0 Å². The Kier molecular flexibility index (Phi) is 8.38. The van der Waals surface area contributed by atoms with E-state index < -0.39 is 11.8 Å². The Bertz CT molecular complexity index is 1200. The number of morpholine rings is 1. The van der Waals surface area contributed by atoms with E-state index in [1.807, 2.05) is 31.2 Å². The zero-order chi connectivity index (χ0) is 24.8. The van der Waals surface area contributed by atoms with Gasteiger partial charge in [0.05, 0.1) is 30.5 Å². The Morgan fingerprint density at radius 3 is 2.54 bits per heavy atom. The van der Waals surface area contributed by atoms with Gasteiger partial charge in [0, 0.05) is 24.7 Å². The normalized spacial score (nSPS) is 15.3. The number of hydrogen-bond acceptors (Lipinski definition) is 5. The number of rotatable bonds is 10. The van der Waals surface area contributed by atoms with Gasteiger partial charge in [0.1, 0.15) is 0 Å². The molecule has 9 heteroatoms. The number of hydrogen-bond donors (Lipinski definition) is 1. The van der Waals surface area contributed by atoms with Crippen LogP contribution in [0.2, 0.25) is 5.02 Å². The molecule has 0 aliphatic carbocycles. The Morgan fingerprint density at radius 1 is 1.14 bits per heavy atom. The first kappa shape index (κ1) is 25.2. The number of amides is 1. The molecular weight excluding hydrogens is 466 g/mol. The summed E-state index contributed by atoms with van der Waals surface area (Å²) >= 11 is 6.21. The maximum atomic E-state index is 13.6. The van der Waals surface area contributed by atoms with Gasteiger partial charge in [-0.3, -0.25) is 9.69 Å². The predicted octanol–water partition coefficient (Wildman–Crippen LogP) is 3.31. The molecule has 1 aliphatic rings. The fourth-order valence-electron chi connectivity index (χ4n) is 4.36. The lowest BCUT2D eigenvalue weighted by Gasteiger charge is -2.26. The second-order valence-electron chi connectivity index (χ2n) is 8.84. The van der Waals surface area contributed by atoms with Gasteiger partial charge in [0.25, 0.3) is 0 Å². The van der Waals surface area contributed by atoms with Crippen LogP contribution in [0.3, 0.4) is 0 Å². The fraction of sp³-hybridized carbons (Fsp3) is 0.423. The monoisotopic (exact) mass is 497 g/mol. The summed E-state index contributed by atoms with van der Waals surface area (Å²) in [6.07, 6.45) is 3.13. The third kappa shape index (κ3) is 6.01. The van der Waals surface area contributed by atoms with Crippen molar-refractivity contribution in [2.75, 3.05) is 32.8 Å². The van der Waals surface area contributed by atoms with Gasteiger partial charge in [-0.25, -0.2) is 9.36 Å². The van der Waals surface area contributed by atoms with Gasteiger partial charge in [-0.15, -0.1) is 5.10 Å². The van der Waals surface area contributed by atoms with Crippen molar-refractivity contribution in [3.63, 3.8) is 0 Å². The zero-order valence-electron chi connectivity index (χ0n) is 20.0. The molecule has 2 N–H and O–H groups in total. The highest BCUT2D eigenvalue weighted by molar-refractivity contribution is 6.30. The molecule has 186 valence electrons. The molecule has 0 radical (unpaired) electrons. The van der Waals surface area contributed by atoms with Gasteiger partial charge in [-0.2, -0.15) is 4.68 Å². The second kappa shape index (κ2) is 11.7. The van der Waals surface area contributed by atoms with Gasteiger partial charge in [-0.05, 0) is 48.7 Å².